The largest absolute Gasteiger partial charge is 0.394 e. The van der Waals surface area contributed by atoms with Crippen LogP contribution in [-0.2, 0) is 23.7 Å². The summed E-state index contributed by atoms with van der Waals surface area (Å²) in [6.45, 7) is 2.79. The molecule has 512 valence electrons. The molecule has 12 unspecified atom stereocenters. The Bertz CT molecular complexity index is 1750. The van der Waals surface area contributed by atoms with E-state index in [0.717, 1.165) is 57.8 Å². The lowest BCUT2D eigenvalue weighted by Crippen LogP contribution is -2.65. The SMILES string of the molecule is CCCCCCC/C=C\C/C=C\C/C=C\CCCCCCCCCCCCCCCCCCC(=O)NC(COC1OC(CO)C(OC2OC(CO)C(O)C(O)C2O)C(O)C1O)C(O)/C=C/CC/C=C/CC/C=C/CCCCCCCCCCCCCCC. The maximum absolute atomic E-state index is 13.3. The van der Waals surface area contributed by atoms with E-state index in [0.29, 0.717) is 12.8 Å². The first-order valence-electron chi connectivity index (χ1n) is 36.2. The van der Waals surface area contributed by atoms with Crippen molar-refractivity contribution in [1.29, 1.82) is 0 Å². The maximum Gasteiger partial charge on any atom is 0.220 e. The fourth-order valence-corrected chi connectivity index (χ4v) is 11.6. The molecule has 14 heteroatoms. The molecule has 12 atom stereocenters. The van der Waals surface area contributed by atoms with Gasteiger partial charge in [-0.2, -0.15) is 0 Å². The summed E-state index contributed by atoms with van der Waals surface area (Å²) in [4.78, 5) is 13.3. The van der Waals surface area contributed by atoms with Crippen molar-refractivity contribution < 1.29 is 64.6 Å². The molecule has 0 aromatic carbocycles. The van der Waals surface area contributed by atoms with Crippen molar-refractivity contribution in [3.63, 3.8) is 0 Å². The number of carbonyl (C=O) groups excluding carboxylic acids is 1. The second-order valence-corrected chi connectivity index (χ2v) is 25.3. The molecule has 2 aliphatic heterocycles. The van der Waals surface area contributed by atoms with Crippen molar-refractivity contribution in [3.05, 3.63) is 72.9 Å². The van der Waals surface area contributed by atoms with E-state index in [-0.39, 0.29) is 18.9 Å². The molecule has 1 amide bonds. The number of rotatable bonds is 59. The standard InChI is InChI=1S/C74H133NO13/c1-3-5-7-9-11-13-15-17-19-21-23-25-27-28-29-30-31-32-33-34-36-38-40-42-44-46-48-50-52-54-56-58-66(79)75-62(61-85-73-71(84)69(82)72(65(60-77)87-73)88-74-70(83)68(81)67(80)64(59-76)86-74)63(78)57-55-53-51-49-47-45-43-41-39-37-35-26-24-22-20-18-16-14-12-10-8-6-4-2/h15,17,21,23,27-28,39,41,47,49,55,57,62-65,67-74,76-78,80-84H,3-14,16,18-20,22,24-26,29-38,40,42-46,48,50-54,56,58-61H2,1-2H3,(H,75,79)/b17-15-,23-21-,28-27-,41-39+,49-47+,57-55+. The number of hydrogen-bond acceptors (Lipinski definition) is 13. The summed E-state index contributed by atoms with van der Waals surface area (Å²) in [6.07, 6.45) is 62.5. The Morgan fingerprint density at radius 1 is 0.409 bits per heavy atom. The summed E-state index contributed by atoms with van der Waals surface area (Å²) in [5, 5.41) is 87.4. The van der Waals surface area contributed by atoms with Crippen molar-refractivity contribution in [3.8, 4) is 0 Å². The molecule has 0 aromatic heterocycles. The molecule has 0 bridgehead atoms. The summed E-state index contributed by atoms with van der Waals surface area (Å²) < 4.78 is 22.8. The molecule has 0 spiro atoms. The number of aliphatic hydroxyl groups excluding tert-OH is 8. The highest BCUT2D eigenvalue weighted by molar-refractivity contribution is 5.76. The van der Waals surface area contributed by atoms with E-state index >= 15 is 0 Å². The number of hydrogen-bond donors (Lipinski definition) is 9. The quantitative estimate of drug-likeness (QED) is 0.0204. The highest BCUT2D eigenvalue weighted by Crippen LogP contribution is 2.30. The van der Waals surface area contributed by atoms with Gasteiger partial charge in [0.1, 0.15) is 48.8 Å². The molecule has 2 heterocycles. The average molecular weight is 1240 g/mol. The van der Waals surface area contributed by atoms with Crippen molar-refractivity contribution in [2.75, 3.05) is 19.8 Å². The second-order valence-electron chi connectivity index (χ2n) is 25.3. The number of amides is 1. The van der Waals surface area contributed by atoms with Gasteiger partial charge >= 0.3 is 0 Å². The highest BCUT2D eigenvalue weighted by atomic mass is 16.7. The van der Waals surface area contributed by atoms with Crippen LogP contribution >= 0.6 is 0 Å². The Morgan fingerprint density at radius 2 is 0.761 bits per heavy atom. The van der Waals surface area contributed by atoms with Crippen LogP contribution in [0, 0.1) is 0 Å². The summed E-state index contributed by atoms with van der Waals surface area (Å²) in [5.41, 5.74) is 0. The molecule has 0 aromatic rings. The molecule has 88 heavy (non-hydrogen) atoms. The van der Waals surface area contributed by atoms with Gasteiger partial charge in [0.25, 0.3) is 0 Å². The summed E-state index contributed by atoms with van der Waals surface area (Å²) in [7, 11) is 0. The third-order valence-electron chi connectivity index (χ3n) is 17.3. The lowest BCUT2D eigenvalue weighted by molar-refractivity contribution is -0.359. The van der Waals surface area contributed by atoms with E-state index in [4.69, 9.17) is 18.9 Å². The van der Waals surface area contributed by atoms with E-state index in [2.05, 4.69) is 79.9 Å². The van der Waals surface area contributed by atoms with Crippen LogP contribution in [0.5, 0.6) is 0 Å². The van der Waals surface area contributed by atoms with Gasteiger partial charge in [-0.3, -0.25) is 4.79 Å². The van der Waals surface area contributed by atoms with Crippen LogP contribution < -0.4 is 5.32 Å². The van der Waals surface area contributed by atoms with Crippen molar-refractivity contribution >= 4 is 5.91 Å². The Hall–Kier alpha value is -2.57. The average Bonchev–Trinajstić information content (AvgIpc) is 3.10. The highest BCUT2D eigenvalue weighted by Gasteiger charge is 2.51. The first-order valence-corrected chi connectivity index (χ1v) is 36.2. The van der Waals surface area contributed by atoms with Gasteiger partial charge in [-0.25, -0.2) is 0 Å². The van der Waals surface area contributed by atoms with Gasteiger partial charge in [-0.15, -0.1) is 0 Å². The van der Waals surface area contributed by atoms with E-state index < -0.39 is 86.8 Å². The van der Waals surface area contributed by atoms with Crippen molar-refractivity contribution in [2.24, 2.45) is 0 Å². The van der Waals surface area contributed by atoms with Gasteiger partial charge < -0.3 is 65.1 Å². The first kappa shape index (κ1) is 81.5. The van der Waals surface area contributed by atoms with Crippen LogP contribution in [0.25, 0.3) is 0 Å². The second kappa shape index (κ2) is 58.3. The fourth-order valence-electron chi connectivity index (χ4n) is 11.6. The number of ether oxygens (including phenoxy) is 4. The minimum atomic E-state index is -1.80. The molecule has 2 saturated heterocycles. The van der Waals surface area contributed by atoms with E-state index in [9.17, 15) is 45.6 Å². The molecular weight excluding hydrogens is 1110 g/mol. The normalized spacial score (nSPS) is 23.6. The summed E-state index contributed by atoms with van der Waals surface area (Å²) >= 11 is 0. The van der Waals surface area contributed by atoms with Crippen LogP contribution in [0.4, 0.5) is 0 Å². The predicted octanol–water partition coefficient (Wildman–Crippen LogP) is 15.0. The number of aliphatic hydroxyl groups is 8. The zero-order chi connectivity index (χ0) is 63.8. The summed E-state index contributed by atoms with van der Waals surface area (Å²) in [5.74, 6) is -0.252. The van der Waals surface area contributed by atoms with Gasteiger partial charge in [-0.05, 0) is 83.5 Å². The number of allylic oxidation sites excluding steroid dienone is 11. The van der Waals surface area contributed by atoms with Crippen LogP contribution in [-0.4, -0.2) is 140 Å². The first-order chi connectivity index (χ1) is 43.1. The molecule has 2 fully saturated rings. The Kier molecular flexibility index (Phi) is 54.0. The van der Waals surface area contributed by atoms with Gasteiger partial charge in [-0.1, -0.05) is 279 Å². The van der Waals surface area contributed by atoms with Gasteiger partial charge in [0.05, 0.1) is 32.0 Å². The van der Waals surface area contributed by atoms with Crippen LogP contribution in [0.15, 0.2) is 72.9 Å². The van der Waals surface area contributed by atoms with E-state index in [1.54, 1.807) is 6.08 Å². The predicted molar refractivity (Wildman–Crippen MR) is 360 cm³/mol. The monoisotopic (exact) mass is 1240 g/mol. The minimum absolute atomic E-state index is 0.252. The van der Waals surface area contributed by atoms with Crippen molar-refractivity contribution in [2.45, 2.75) is 370 Å². The molecule has 14 nitrogen and oxygen atoms in total. The molecule has 0 aliphatic carbocycles. The van der Waals surface area contributed by atoms with E-state index in [1.807, 2.05) is 6.08 Å². The Balaban J connectivity index is 1.68. The topological polar surface area (TPSA) is 228 Å². The third kappa shape index (κ3) is 41.8. The van der Waals surface area contributed by atoms with Crippen molar-refractivity contribution in [1.82, 2.24) is 5.32 Å². The maximum atomic E-state index is 13.3. The fraction of sp³-hybridized carbons (Fsp3) is 0.824. The lowest BCUT2D eigenvalue weighted by Gasteiger charge is -2.46. The number of unbranched alkanes of at least 4 members (excludes halogenated alkanes) is 36. The van der Waals surface area contributed by atoms with Crippen LogP contribution in [0.2, 0.25) is 0 Å². The molecule has 9 N–H and O–H groups in total. The van der Waals surface area contributed by atoms with E-state index in [1.165, 1.54) is 205 Å². The Morgan fingerprint density at radius 3 is 1.19 bits per heavy atom. The summed E-state index contributed by atoms with van der Waals surface area (Å²) in [6, 6.07) is -0.942. The van der Waals surface area contributed by atoms with Crippen LogP contribution in [0.3, 0.4) is 0 Å². The van der Waals surface area contributed by atoms with Crippen LogP contribution in [0.1, 0.15) is 296 Å². The molecular formula is C74H133NO13. The number of carbonyl (C=O) groups is 1. The zero-order valence-corrected chi connectivity index (χ0v) is 55.7. The molecule has 2 aliphatic rings. The Labute approximate surface area is 536 Å². The zero-order valence-electron chi connectivity index (χ0n) is 55.7. The molecule has 2 rings (SSSR count). The van der Waals surface area contributed by atoms with Gasteiger partial charge in [0.2, 0.25) is 5.91 Å². The smallest absolute Gasteiger partial charge is 0.220 e. The lowest BCUT2D eigenvalue weighted by atomic mass is 9.97. The minimum Gasteiger partial charge on any atom is -0.394 e. The third-order valence-corrected chi connectivity index (χ3v) is 17.3. The van der Waals surface area contributed by atoms with Gasteiger partial charge in [0, 0.05) is 6.42 Å². The van der Waals surface area contributed by atoms with Gasteiger partial charge in [0.15, 0.2) is 12.6 Å². The molecule has 0 saturated carbocycles. The molecule has 0 radical (unpaired) electrons. The number of nitrogens with one attached hydrogen (secondary N) is 1.